The molecule has 0 spiro atoms. The third kappa shape index (κ3) is 3.24. The van der Waals surface area contributed by atoms with Crippen LogP contribution in [0.15, 0.2) is 53.4 Å². The number of hydrogen-bond donors (Lipinski definition) is 1. The Morgan fingerprint density at radius 1 is 1.16 bits per heavy atom. The fourth-order valence-electron chi connectivity index (χ4n) is 2.71. The molecule has 0 saturated carbocycles. The van der Waals surface area contributed by atoms with Crippen LogP contribution in [0.25, 0.3) is 0 Å². The summed E-state index contributed by atoms with van der Waals surface area (Å²) in [5.41, 5.74) is -0.277. The predicted molar refractivity (Wildman–Crippen MR) is 92.3 cm³/mol. The number of likely N-dealkylation sites (tertiary alicyclic amines) is 1. The molecule has 1 fully saturated rings. The standard InChI is InChI=1S/C18H16F2N2O2S/c1-22-11-10-18(17(22)24,25-12-6-3-2-4-7-12)16(23)21-14-9-5-8-13(19)15(14)20/h2-9H,10-11H2,1H3,(H,21,23). The smallest absolute Gasteiger partial charge is 0.250 e. The van der Waals surface area contributed by atoms with E-state index in [1.165, 1.54) is 17.0 Å². The first kappa shape index (κ1) is 17.4. The van der Waals surface area contributed by atoms with Gasteiger partial charge in [-0.25, -0.2) is 8.78 Å². The molecule has 7 heteroatoms. The van der Waals surface area contributed by atoms with Crippen molar-refractivity contribution in [3.05, 3.63) is 60.2 Å². The minimum atomic E-state index is -1.41. The quantitative estimate of drug-likeness (QED) is 0.849. The van der Waals surface area contributed by atoms with Crippen LogP contribution in [-0.4, -0.2) is 35.1 Å². The Hall–Kier alpha value is -2.41. The summed E-state index contributed by atoms with van der Waals surface area (Å²) < 4.78 is 25.9. The number of rotatable bonds is 4. The van der Waals surface area contributed by atoms with Crippen molar-refractivity contribution in [3.63, 3.8) is 0 Å². The lowest BCUT2D eigenvalue weighted by Crippen LogP contribution is -2.46. The van der Waals surface area contributed by atoms with Crippen molar-refractivity contribution in [1.82, 2.24) is 4.90 Å². The highest BCUT2D eigenvalue weighted by Gasteiger charge is 2.52. The van der Waals surface area contributed by atoms with Crippen molar-refractivity contribution >= 4 is 29.3 Å². The van der Waals surface area contributed by atoms with Gasteiger partial charge >= 0.3 is 0 Å². The molecule has 1 aliphatic heterocycles. The normalized spacial score (nSPS) is 20.0. The number of carbonyl (C=O) groups excluding carboxylic acids is 2. The van der Waals surface area contributed by atoms with Crippen LogP contribution in [0.4, 0.5) is 14.5 Å². The molecule has 1 aliphatic rings. The van der Waals surface area contributed by atoms with Crippen LogP contribution in [0.1, 0.15) is 6.42 Å². The van der Waals surface area contributed by atoms with E-state index in [-0.39, 0.29) is 18.0 Å². The average molecular weight is 362 g/mol. The maximum Gasteiger partial charge on any atom is 0.250 e. The molecule has 0 aliphatic carbocycles. The number of halogens is 2. The van der Waals surface area contributed by atoms with Gasteiger partial charge in [-0.2, -0.15) is 0 Å². The number of hydrogen-bond acceptors (Lipinski definition) is 3. The number of carbonyl (C=O) groups is 2. The third-order valence-corrected chi connectivity index (χ3v) is 5.51. The van der Waals surface area contributed by atoms with E-state index in [1.807, 2.05) is 18.2 Å². The van der Waals surface area contributed by atoms with Crippen molar-refractivity contribution < 1.29 is 18.4 Å². The van der Waals surface area contributed by atoms with E-state index in [0.29, 0.717) is 6.54 Å². The molecule has 1 heterocycles. The van der Waals surface area contributed by atoms with Crippen molar-refractivity contribution in [2.75, 3.05) is 18.9 Å². The lowest BCUT2D eigenvalue weighted by molar-refractivity contribution is -0.133. The highest BCUT2D eigenvalue weighted by atomic mass is 32.2. The summed E-state index contributed by atoms with van der Waals surface area (Å²) in [6.07, 6.45) is 0.282. The molecule has 130 valence electrons. The number of thioether (sulfide) groups is 1. The number of anilines is 1. The first-order valence-corrected chi connectivity index (χ1v) is 8.51. The topological polar surface area (TPSA) is 49.4 Å². The second-order valence-electron chi connectivity index (χ2n) is 5.77. The van der Waals surface area contributed by atoms with Crippen LogP contribution >= 0.6 is 11.8 Å². The van der Waals surface area contributed by atoms with Gasteiger partial charge in [0.05, 0.1) is 5.69 Å². The molecular formula is C18H16F2N2O2S. The molecule has 2 aromatic rings. The molecule has 1 saturated heterocycles. The van der Waals surface area contributed by atoms with Gasteiger partial charge in [-0.3, -0.25) is 9.59 Å². The van der Waals surface area contributed by atoms with E-state index >= 15 is 0 Å². The molecule has 0 bridgehead atoms. The summed E-state index contributed by atoms with van der Waals surface area (Å²) in [5.74, 6) is -3.21. The second-order valence-corrected chi connectivity index (χ2v) is 7.15. The van der Waals surface area contributed by atoms with Crippen molar-refractivity contribution in [1.29, 1.82) is 0 Å². The molecule has 2 amide bonds. The Morgan fingerprint density at radius 3 is 2.52 bits per heavy atom. The minimum absolute atomic E-state index is 0.277. The van der Waals surface area contributed by atoms with E-state index < -0.39 is 22.3 Å². The van der Waals surface area contributed by atoms with Crippen LogP contribution < -0.4 is 5.32 Å². The van der Waals surface area contributed by atoms with Gasteiger partial charge in [0, 0.05) is 18.5 Å². The maximum atomic E-state index is 13.9. The van der Waals surface area contributed by atoms with E-state index in [0.717, 1.165) is 22.7 Å². The molecule has 1 atom stereocenters. The summed E-state index contributed by atoms with van der Waals surface area (Å²) >= 11 is 1.13. The highest BCUT2D eigenvalue weighted by molar-refractivity contribution is 8.02. The zero-order chi connectivity index (χ0) is 18.0. The summed E-state index contributed by atoms with van der Waals surface area (Å²) in [4.78, 5) is 27.8. The first-order valence-electron chi connectivity index (χ1n) is 7.69. The SMILES string of the molecule is CN1CCC(Sc2ccccc2)(C(=O)Nc2cccc(F)c2F)C1=O. The number of nitrogens with zero attached hydrogens (tertiary/aromatic N) is 1. The van der Waals surface area contributed by atoms with Crippen LogP contribution in [0.2, 0.25) is 0 Å². The molecular weight excluding hydrogens is 346 g/mol. The second kappa shape index (κ2) is 6.84. The number of amides is 2. The van der Waals surface area contributed by atoms with Gasteiger partial charge < -0.3 is 10.2 Å². The van der Waals surface area contributed by atoms with E-state index in [2.05, 4.69) is 5.32 Å². The summed E-state index contributed by atoms with van der Waals surface area (Å²) in [7, 11) is 1.62. The molecule has 25 heavy (non-hydrogen) atoms. The van der Waals surface area contributed by atoms with E-state index in [4.69, 9.17) is 0 Å². The monoisotopic (exact) mass is 362 g/mol. The maximum absolute atomic E-state index is 13.9. The van der Waals surface area contributed by atoms with Gasteiger partial charge in [0.1, 0.15) is 0 Å². The molecule has 2 aromatic carbocycles. The van der Waals surface area contributed by atoms with Gasteiger partial charge in [-0.1, -0.05) is 36.0 Å². The molecule has 0 radical (unpaired) electrons. The van der Waals surface area contributed by atoms with Crippen LogP contribution in [0.5, 0.6) is 0 Å². The van der Waals surface area contributed by atoms with E-state index in [9.17, 15) is 18.4 Å². The van der Waals surface area contributed by atoms with E-state index in [1.54, 1.807) is 19.2 Å². The summed E-state index contributed by atoms with van der Waals surface area (Å²) in [6, 6.07) is 12.6. The van der Waals surface area contributed by atoms with Gasteiger partial charge in [0.15, 0.2) is 16.4 Å². The van der Waals surface area contributed by atoms with Crippen molar-refractivity contribution in [2.24, 2.45) is 0 Å². The molecule has 3 rings (SSSR count). The Morgan fingerprint density at radius 2 is 1.88 bits per heavy atom. The number of nitrogens with one attached hydrogen (secondary N) is 1. The zero-order valence-corrected chi connectivity index (χ0v) is 14.3. The van der Waals surface area contributed by atoms with Gasteiger partial charge in [-0.05, 0) is 30.7 Å². The minimum Gasteiger partial charge on any atom is -0.344 e. The fourth-order valence-corrected chi connectivity index (χ4v) is 3.98. The Kier molecular flexibility index (Phi) is 4.76. The lowest BCUT2D eigenvalue weighted by Gasteiger charge is -2.25. The molecule has 1 N–H and O–H groups in total. The first-order chi connectivity index (χ1) is 11.9. The predicted octanol–water partition coefficient (Wildman–Crippen LogP) is 3.30. The van der Waals surface area contributed by atoms with Crippen LogP contribution in [-0.2, 0) is 9.59 Å². The zero-order valence-electron chi connectivity index (χ0n) is 13.5. The van der Waals surface area contributed by atoms with Crippen LogP contribution in [0.3, 0.4) is 0 Å². The molecule has 0 aromatic heterocycles. The van der Waals surface area contributed by atoms with Gasteiger partial charge in [0.2, 0.25) is 5.91 Å². The van der Waals surface area contributed by atoms with Crippen molar-refractivity contribution in [3.8, 4) is 0 Å². The Balaban J connectivity index is 1.93. The van der Waals surface area contributed by atoms with Crippen molar-refractivity contribution in [2.45, 2.75) is 16.1 Å². The molecule has 1 unspecified atom stereocenters. The molecule has 4 nitrogen and oxygen atoms in total. The Labute approximate surface area is 148 Å². The highest BCUT2D eigenvalue weighted by Crippen LogP contribution is 2.41. The summed E-state index contributed by atoms with van der Waals surface area (Å²) in [5, 5.41) is 2.38. The largest absolute Gasteiger partial charge is 0.344 e. The number of benzene rings is 2. The summed E-state index contributed by atoms with van der Waals surface area (Å²) in [6.45, 7) is 0.414. The third-order valence-electron chi connectivity index (χ3n) is 4.09. The van der Waals surface area contributed by atoms with Crippen LogP contribution in [0, 0.1) is 11.6 Å². The Bertz CT molecular complexity index is 816. The fraction of sp³-hybridized carbons (Fsp3) is 0.222. The lowest BCUT2D eigenvalue weighted by atomic mass is 10.1. The van der Waals surface area contributed by atoms with Gasteiger partial charge in [0.25, 0.3) is 5.91 Å². The van der Waals surface area contributed by atoms with Gasteiger partial charge in [-0.15, -0.1) is 0 Å². The average Bonchev–Trinajstić information content (AvgIpc) is 2.89.